The number of carbonyl (C=O) groups is 4. The second kappa shape index (κ2) is 5.88. The standard InChI is InChI=1S/C19H22N4O4/c1-3-9(2)23-16(25)14-12(8-13(20)24)22-19(15(14)17(23)26)10-6-4-5-7-11(10)21-18(19)27/h4-7,9,12,14-15,22H,3,8H2,1-2H3,(H2,20,24)(H,21,27)/t9-,12+,14+,15-,19-/m0/s1. The van der Waals surface area contributed by atoms with Crippen LogP contribution in [0.3, 0.4) is 0 Å². The van der Waals surface area contributed by atoms with Crippen molar-refractivity contribution in [2.45, 2.75) is 44.3 Å². The number of fused-ring (bicyclic) bond motifs is 4. The zero-order valence-corrected chi connectivity index (χ0v) is 15.2. The molecule has 8 heteroatoms. The van der Waals surface area contributed by atoms with Crippen molar-refractivity contribution in [3.8, 4) is 0 Å². The summed E-state index contributed by atoms with van der Waals surface area (Å²) in [6.07, 6.45) is 0.492. The van der Waals surface area contributed by atoms with Crippen LogP contribution in [0.5, 0.6) is 0 Å². The van der Waals surface area contributed by atoms with Crippen LogP contribution in [0.25, 0.3) is 0 Å². The first kappa shape index (κ1) is 17.7. The summed E-state index contributed by atoms with van der Waals surface area (Å²) in [6.45, 7) is 3.70. The summed E-state index contributed by atoms with van der Waals surface area (Å²) in [4.78, 5) is 52.4. The SMILES string of the molecule is CC[C@H](C)N1C(=O)[C@H]2[C@@H](C1=O)[C@]1(N[C@@H]2CC(N)=O)C(=O)Nc2ccccc21. The summed E-state index contributed by atoms with van der Waals surface area (Å²) in [5.74, 6) is -3.37. The van der Waals surface area contributed by atoms with Crippen LogP contribution in [0.2, 0.25) is 0 Å². The monoisotopic (exact) mass is 370 g/mol. The molecule has 142 valence electrons. The van der Waals surface area contributed by atoms with Crippen molar-refractivity contribution in [3.05, 3.63) is 29.8 Å². The topological polar surface area (TPSA) is 122 Å². The van der Waals surface area contributed by atoms with E-state index in [0.29, 0.717) is 17.7 Å². The van der Waals surface area contributed by atoms with Gasteiger partial charge in [-0.2, -0.15) is 0 Å². The number of rotatable bonds is 4. The fraction of sp³-hybridized carbons (Fsp3) is 0.474. The highest BCUT2D eigenvalue weighted by Gasteiger charge is 2.70. The number of imide groups is 1. The quantitative estimate of drug-likeness (QED) is 0.648. The third-order valence-corrected chi connectivity index (χ3v) is 6.11. The first-order valence-electron chi connectivity index (χ1n) is 9.16. The van der Waals surface area contributed by atoms with Gasteiger partial charge < -0.3 is 11.1 Å². The average molecular weight is 370 g/mol. The molecule has 4 N–H and O–H groups in total. The van der Waals surface area contributed by atoms with Crippen molar-refractivity contribution in [2.75, 3.05) is 5.32 Å². The summed E-state index contributed by atoms with van der Waals surface area (Å²) < 4.78 is 0. The molecule has 8 nitrogen and oxygen atoms in total. The van der Waals surface area contributed by atoms with Crippen molar-refractivity contribution < 1.29 is 19.2 Å². The molecule has 1 aromatic rings. The van der Waals surface area contributed by atoms with E-state index in [2.05, 4.69) is 10.6 Å². The van der Waals surface area contributed by atoms with E-state index in [-0.39, 0.29) is 30.2 Å². The number of nitrogens with zero attached hydrogens (tertiary/aromatic N) is 1. The Morgan fingerprint density at radius 1 is 1.26 bits per heavy atom. The van der Waals surface area contributed by atoms with E-state index in [4.69, 9.17) is 5.73 Å². The van der Waals surface area contributed by atoms with Crippen LogP contribution in [0.4, 0.5) is 5.69 Å². The van der Waals surface area contributed by atoms with Gasteiger partial charge in [0.1, 0.15) is 5.54 Å². The molecule has 2 saturated heterocycles. The lowest BCUT2D eigenvalue weighted by Crippen LogP contribution is -2.54. The molecule has 0 saturated carbocycles. The Bertz CT molecular complexity index is 869. The molecule has 1 aromatic carbocycles. The number of amides is 4. The minimum atomic E-state index is -1.36. The molecular weight excluding hydrogens is 348 g/mol. The normalized spacial score (nSPS) is 32.6. The molecule has 0 aliphatic carbocycles. The molecule has 27 heavy (non-hydrogen) atoms. The molecule has 5 atom stereocenters. The molecule has 0 radical (unpaired) electrons. The van der Waals surface area contributed by atoms with Crippen molar-refractivity contribution in [1.29, 1.82) is 0 Å². The van der Waals surface area contributed by atoms with E-state index in [9.17, 15) is 19.2 Å². The van der Waals surface area contributed by atoms with Crippen molar-refractivity contribution >= 4 is 29.3 Å². The largest absolute Gasteiger partial charge is 0.370 e. The maximum absolute atomic E-state index is 13.3. The average Bonchev–Trinajstić information content (AvgIpc) is 3.19. The molecule has 0 bridgehead atoms. The van der Waals surface area contributed by atoms with Crippen molar-refractivity contribution in [2.24, 2.45) is 17.6 Å². The van der Waals surface area contributed by atoms with E-state index in [0.717, 1.165) is 0 Å². The molecule has 4 amide bonds. The zero-order valence-electron chi connectivity index (χ0n) is 15.2. The van der Waals surface area contributed by atoms with Gasteiger partial charge in [0, 0.05) is 29.8 Å². The number of nitrogens with two attached hydrogens (primary N) is 1. The first-order valence-corrected chi connectivity index (χ1v) is 9.16. The molecule has 3 aliphatic heterocycles. The van der Waals surface area contributed by atoms with Crippen molar-refractivity contribution in [1.82, 2.24) is 10.2 Å². The van der Waals surface area contributed by atoms with E-state index in [1.54, 1.807) is 24.3 Å². The lowest BCUT2D eigenvalue weighted by atomic mass is 9.76. The Hall–Kier alpha value is -2.74. The number of benzene rings is 1. The number of primary amides is 1. The Morgan fingerprint density at radius 2 is 1.96 bits per heavy atom. The van der Waals surface area contributed by atoms with Crippen LogP contribution < -0.4 is 16.4 Å². The lowest BCUT2D eigenvalue weighted by Gasteiger charge is -2.30. The van der Waals surface area contributed by atoms with Gasteiger partial charge >= 0.3 is 0 Å². The van der Waals surface area contributed by atoms with Crippen molar-refractivity contribution in [3.63, 3.8) is 0 Å². The third-order valence-electron chi connectivity index (χ3n) is 6.11. The Labute approximate surface area is 156 Å². The predicted molar refractivity (Wildman–Crippen MR) is 96.1 cm³/mol. The minimum absolute atomic E-state index is 0.119. The second-order valence-corrected chi connectivity index (χ2v) is 7.54. The Balaban J connectivity index is 1.88. The van der Waals surface area contributed by atoms with Gasteiger partial charge in [-0.05, 0) is 19.4 Å². The number of likely N-dealkylation sites (tertiary alicyclic amines) is 1. The van der Waals surface area contributed by atoms with Crippen LogP contribution in [0, 0.1) is 11.8 Å². The second-order valence-electron chi connectivity index (χ2n) is 7.54. The number of carbonyl (C=O) groups excluding carboxylic acids is 4. The number of para-hydroxylation sites is 1. The summed E-state index contributed by atoms with van der Waals surface area (Å²) in [5.41, 5.74) is 5.25. The molecular formula is C19H22N4O4. The van der Waals surface area contributed by atoms with Crippen LogP contribution in [-0.2, 0) is 24.7 Å². The zero-order chi connectivity index (χ0) is 19.5. The fourth-order valence-electron chi connectivity index (χ4n) is 4.79. The molecule has 3 aliphatic rings. The van der Waals surface area contributed by atoms with Crippen LogP contribution >= 0.6 is 0 Å². The maximum atomic E-state index is 13.3. The van der Waals surface area contributed by atoms with Gasteiger partial charge in [-0.15, -0.1) is 0 Å². The van der Waals surface area contributed by atoms with E-state index < -0.39 is 29.3 Å². The van der Waals surface area contributed by atoms with Gasteiger partial charge in [-0.3, -0.25) is 29.4 Å². The highest BCUT2D eigenvalue weighted by atomic mass is 16.2. The van der Waals surface area contributed by atoms with E-state index >= 15 is 0 Å². The molecule has 1 spiro atoms. The molecule has 4 rings (SSSR count). The smallest absolute Gasteiger partial charge is 0.250 e. The van der Waals surface area contributed by atoms with Gasteiger partial charge in [0.25, 0.3) is 0 Å². The molecule has 3 heterocycles. The van der Waals surface area contributed by atoms with Gasteiger partial charge in [0.05, 0.1) is 11.8 Å². The Kier molecular flexibility index (Phi) is 3.85. The van der Waals surface area contributed by atoms with Crippen LogP contribution in [0.1, 0.15) is 32.3 Å². The predicted octanol–water partition coefficient (Wildman–Crippen LogP) is 0.0809. The van der Waals surface area contributed by atoms with Gasteiger partial charge in [-0.25, -0.2) is 0 Å². The lowest BCUT2D eigenvalue weighted by molar-refractivity contribution is -0.145. The fourth-order valence-corrected chi connectivity index (χ4v) is 4.79. The van der Waals surface area contributed by atoms with Gasteiger partial charge in [0.15, 0.2) is 0 Å². The van der Waals surface area contributed by atoms with Gasteiger partial charge in [0.2, 0.25) is 23.6 Å². The summed E-state index contributed by atoms with van der Waals surface area (Å²) in [5, 5.41) is 5.97. The van der Waals surface area contributed by atoms with Gasteiger partial charge in [-0.1, -0.05) is 25.1 Å². The first-order chi connectivity index (χ1) is 12.8. The molecule has 0 aromatic heterocycles. The number of hydrogen-bond acceptors (Lipinski definition) is 5. The maximum Gasteiger partial charge on any atom is 0.250 e. The summed E-state index contributed by atoms with van der Waals surface area (Å²) in [7, 11) is 0. The highest BCUT2D eigenvalue weighted by molar-refractivity contribution is 6.15. The summed E-state index contributed by atoms with van der Waals surface area (Å²) in [6, 6.07) is 6.16. The highest BCUT2D eigenvalue weighted by Crippen LogP contribution is 2.53. The molecule has 0 unspecified atom stereocenters. The molecule has 2 fully saturated rings. The number of anilines is 1. The Morgan fingerprint density at radius 3 is 2.63 bits per heavy atom. The van der Waals surface area contributed by atoms with Crippen LogP contribution in [-0.4, -0.2) is 40.6 Å². The number of nitrogens with one attached hydrogen (secondary N) is 2. The third kappa shape index (κ3) is 2.19. The van der Waals surface area contributed by atoms with E-state index in [1.807, 2.05) is 13.8 Å². The summed E-state index contributed by atoms with van der Waals surface area (Å²) >= 11 is 0. The van der Waals surface area contributed by atoms with E-state index in [1.165, 1.54) is 4.90 Å². The number of hydrogen-bond donors (Lipinski definition) is 3. The van der Waals surface area contributed by atoms with Crippen LogP contribution in [0.15, 0.2) is 24.3 Å². The minimum Gasteiger partial charge on any atom is -0.370 e.